The number of fused-ring (bicyclic) bond motifs is 1. The molecule has 0 atom stereocenters. The van der Waals surface area contributed by atoms with Gasteiger partial charge < -0.3 is 5.32 Å². The van der Waals surface area contributed by atoms with E-state index < -0.39 is 0 Å². The summed E-state index contributed by atoms with van der Waals surface area (Å²) in [6, 6.07) is 11.0. The second-order valence-electron chi connectivity index (χ2n) is 5.32. The number of anilines is 2. The van der Waals surface area contributed by atoms with Gasteiger partial charge in [0.15, 0.2) is 5.82 Å². The lowest BCUT2D eigenvalue weighted by Crippen LogP contribution is -2.00. The minimum absolute atomic E-state index is 0.536. The van der Waals surface area contributed by atoms with Crippen LogP contribution in [0.5, 0.6) is 0 Å². The van der Waals surface area contributed by atoms with Gasteiger partial charge in [-0.3, -0.25) is 9.97 Å². The van der Waals surface area contributed by atoms with Crippen LogP contribution in [-0.2, 0) is 0 Å². The average Bonchev–Trinajstić information content (AvgIpc) is 2.63. The Labute approximate surface area is 153 Å². The zero-order valence-electron chi connectivity index (χ0n) is 12.8. The van der Waals surface area contributed by atoms with Crippen LogP contribution in [0.1, 0.15) is 0 Å². The molecule has 4 rings (SSSR count). The van der Waals surface area contributed by atoms with Crippen molar-refractivity contribution < 1.29 is 0 Å². The van der Waals surface area contributed by atoms with Gasteiger partial charge in [-0.25, -0.2) is 9.97 Å². The summed E-state index contributed by atoms with van der Waals surface area (Å²) in [7, 11) is 0. The summed E-state index contributed by atoms with van der Waals surface area (Å²) in [5, 5.41) is 5.20. The van der Waals surface area contributed by atoms with Gasteiger partial charge in [-0.15, -0.1) is 0 Å². The van der Waals surface area contributed by atoms with Crippen molar-refractivity contribution in [3.05, 3.63) is 71.2 Å². The average molecular weight is 368 g/mol. The molecule has 0 unspecified atom stereocenters. The number of aromatic nitrogens is 4. The molecule has 3 aromatic heterocycles. The van der Waals surface area contributed by atoms with Gasteiger partial charge in [0.1, 0.15) is 5.82 Å². The maximum absolute atomic E-state index is 6.15. The minimum Gasteiger partial charge on any atom is -0.338 e. The molecule has 0 aliphatic heterocycles. The zero-order chi connectivity index (χ0) is 17.2. The number of hydrogen-bond acceptors (Lipinski definition) is 5. The molecule has 0 spiro atoms. The highest BCUT2D eigenvalue weighted by atomic mass is 35.5. The van der Waals surface area contributed by atoms with Crippen LogP contribution in [0.3, 0.4) is 0 Å². The van der Waals surface area contributed by atoms with E-state index in [1.165, 1.54) is 0 Å². The standard InChI is InChI=1S/C18H11Cl2N5/c19-12-3-4-16-15(7-12)18(23-14-6-13(20)9-22-10-14)25-17(24-16)11-2-1-5-21-8-11/h1-10H,(H,23,24,25). The van der Waals surface area contributed by atoms with Crippen molar-refractivity contribution in [2.24, 2.45) is 0 Å². The van der Waals surface area contributed by atoms with Gasteiger partial charge in [0.05, 0.1) is 22.4 Å². The van der Waals surface area contributed by atoms with Crippen LogP contribution in [0.2, 0.25) is 10.0 Å². The van der Waals surface area contributed by atoms with Gasteiger partial charge in [0, 0.05) is 34.6 Å². The monoisotopic (exact) mass is 367 g/mol. The Balaban J connectivity index is 1.89. The number of nitrogens with one attached hydrogen (secondary N) is 1. The normalized spacial score (nSPS) is 10.8. The number of halogens is 2. The molecule has 5 nitrogen and oxygen atoms in total. The van der Waals surface area contributed by atoms with E-state index in [9.17, 15) is 0 Å². The molecule has 0 saturated heterocycles. The van der Waals surface area contributed by atoms with Crippen molar-refractivity contribution >= 4 is 45.6 Å². The Hall–Kier alpha value is -2.76. The first-order chi connectivity index (χ1) is 12.2. The molecule has 3 heterocycles. The summed E-state index contributed by atoms with van der Waals surface area (Å²) in [6.45, 7) is 0. The highest BCUT2D eigenvalue weighted by molar-refractivity contribution is 6.31. The first kappa shape index (κ1) is 15.7. The largest absolute Gasteiger partial charge is 0.338 e. The van der Waals surface area contributed by atoms with E-state index in [2.05, 4.69) is 25.3 Å². The van der Waals surface area contributed by atoms with Crippen molar-refractivity contribution in [3.63, 3.8) is 0 Å². The summed E-state index contributed by atoms with van der Waals surface area (Å²) in [5.41, 5.74) is 2.33. The van der Waals surface area contributed by atoms with E-state index in [0.29, 0.717) is 21.7 Å². The van der Waals surface area contributed by atoms with Gasteiger partial charge in [0.2, 0.25) is 0 Å². The molecule has 0 aliphatic rings. The van der Waals surface area contributed by atoms with Crippen molar-refractivity contribution in [1.82, 2.24) is 19.9 Å². The number of pyridine rings is 2. The van der Waals surface area contributed by atoms with Crippen LogP contribution in [-0.4, -0.2) is 19.9 Å². The highest BCUT2D eigenvalue weighted by Gasteiger charge is 2.11. The van der Waals surface area contributed by atoms with Gasteiger partial charge in [0.25, 0.3) is 0 Å². The molecule has 0 bridgehead atoms. The Morgan fingerprint density at radius 3 is 2.56 bits per heavy atom. The molecular formula is C18H11Cl2N5. The molecule has 122 valence electrons. The molecule has 25 heavy (non-hydrogen) atoms. The van der Waals surface area contributed by atoms with E-state index in [1.807, 2.05) is 24.3 Å². The molecule has 0 aliphatic carbocycles. The van der Waals surface area contributed by atoms with Gasteiger partial charge >= 0.3 is 0 Å². The van der Waals surface area contributed by atoms with Crippen LogP contribution in [0.25, 0.3) is 22.3 Å². The first-order valence-corrected chi connectivity index (χ1v) is 8.20. The predicted octanol–water partition coefficient (Wildman–Crippen LogP) is 5.14. The molecule has 1 aromatic carbocycles. The van der Waals surface area contributed by atoms with Crippen molar-refractivity contribution in [2.45, 2.75) is 0 Å². The van der Waals surface area contributed by atoms with Crippen LogP contribution in [0.4, 0.5) is 11.5 Å². The third kappa shape index (κ3) is 3.38. The number of rotatable bonds is 3. The lowest BCUT2D eigenvalue weighted by atomic mass is 10.2. The van der Waals surface area contributed by atoms with Gasteiger partial charge in [-0.2, -0.15) is 0 Å². The fourth-order valence-electron chi connectivity index (χ4n) is 2.44. The predicted molar refractivity (Wildman–Crippen MR) is 100 cm³/mol. The second-order valence-corrected chi connectivity index (χ2v) is 6.19. The van der Waals surface area contributed by atoms with Crippen LogP contribution in [0.15, 0.2) is 61.2 Å². The molecule has 0 amide bonds. The third-order valence-corrected chi connectivity index (χ3v) is 3.99. The van der Waals surface area contributed by atoms with Crippen LogP contribution < -0.4 is 5.32 Å². The van der Waals surface area contributed by atoms with Crippen molar-refractivity contribution in [3.8, 4) is 11.4 Å². The summed E-state index contributed by atoms with van der Waals surface area (Å²) in [4.78, 5) is 17.5. The third-order valence-electron chi connectivity index (χ3n) is 3.55. The summed E-state index contributed by atoms with van der Waals surface area (Å²) < 4.78 is 0. The number of benzene rings is 1. The Bertz CT molecular complexity index is 1050. The SMILES string of the molecule is Clc1cncc(Nc2nc(-c3cccnc3)nc3ccc(Cl)cc23)c1. The molecule has 1 N–H and O–H groups in total. The lowest BCUT2D eigenvalue weighted by Gasteiger charge is -2.11. The fourth-order valence-corrected chi connectivity index (χ4v) is 2.78. The Morgan fingerprint density at radius 1 is 0.840 bits per heavy atom. The lowest BCUT2D eigenvalue weighted by molar-refractivity contribution is 1.20. The first-order valence-electron chi connectivity index (χ1n) is 7.44. The van der Waals surface area contributed by atoms with Gasteiger partial charge in [-0.05, 0) is 36.4 Å². The topological polar surface area (TPSA) is 63.6 Å². The van der Waals surface area contributed by atoms with Crippen molar-refractivity contribution in [2.75, 3.05) is 5.32 Å². The highest BCUT2D eigenvalue weighted by Crippen LogP contribution is 2.29. The molecule has 7 heteroatoms. The maximum atomic E-state index is 6.15. The molecule has 0 saturated carbocycles. The zero-order valence-corrected chi connectivity index (χ0v) is 14.3. The van der Waals surface area contributed by atoms with E-state index in [0.717, 1.165) is 22.2 Å². The molecule has 0 fully saturated rings. The number of hydrogen-bond donors (Lipinski definition) is 1. The minimum atomic E-state index is 0.536. The number of nitrogens with zero attached hydrogens (tertiary/aromatic N) is 4. The Morgan fingerprint density at radius 2 is 1.76 bits per heavy atom. The van der Waals surface area contributed by atoms with Crippen LogP contribution in [0, 0.1) is 0 Å². The van der Waals surface area contributed by atoms with E-state index in [-0.39, 0.29) is 0 Å². The molecular weight excluding hydrogens is 357 g/mol. The summed E-state index contributed by atoms with van der Waals surface area (Å²) >= 11 is 12.2. The molecule has 0 radical (unpaired) electrons. The Kier molecular flexibility index (Phi) is 4.17. The van der Waals surface area contributed by atoms with Crippen molar-refractivity contribution in [1.29, 1.82) is 0 Å². The molecule has 4 aromatic rings. The van der Waals surface area contributed by atoms with E-state index in [4.69, 9.17) is 23.2 Å². The summed E-state index contributed by atoms with van der Waals surface area (Å²) in [5.74, 6) is 1.19. The quantitative estimate of drug-likeness (QED) is 0.543. The summed E-state index contributed by atoms with van der Waals surface area (Å²) in [6.07, 6.45) is 6.68. The van der Waals surface area contributed by atoms with E-state index in [1.54, 1.807) is 36.9 Å². The fraction of sp³-hybridized carbons (Fsp3) is 0. The maximum Gasteiger partial charge on any atom is 0.163 e. The smallest absolute Gasteiger partial charge is 0.163 e. The van der Waals surface area contributed by atoms with Gasteiger partial charge in [-0.1, -0.05) is 23.2 Å². The van der Waals surface area contributed by atoms with Crippen LogP contribution >= 0.6 is 23.2 Å². The second kappa shape index (κ2) is 6.63. The van der Waals surface area contributed by atoms with E-state index >= 15 is 0 Å².